The minimum atomic E-state index is -8.47. The summed E-state index contributed by atoms with van der Waals surface area (Å²) >= 11 is 0. The van der Waals surface area contributed by atoms with E-state index in [0.717, 1.165) is 6.92 Å². The molecule has 218 valence electrons. The van der Waals surface area contributed by atoms with Crippen molar-refractivity contribution in [2.75, 3.05) is 13.2 Å². The Balaban J connectivity index is 6.89. The second-order valence-corrected chi connectivity index (χ2v) is 8.07. The van der Waals surface area contributed by atoms with Crippen molar-refractivity contribution in [2.45, 2.75) is 79.0 Å². The van der Waals surface area contributed by atoms with Gasteiger partial charge in [0.25, 0.3) is 5.41 Å². The summed E-state index contributed by atoms with van der Waals surface area (Å²) in [7, 11) is -1.04. The molecule has 0 radical (unpaired) electrons. The van der Waals surface area contributed by atoms with Gasteiger partial charge in [-0.1, -0.05) is 9.24 Å². The van der Waals surface area contributed by atoms with Gasteiger partial charge in [-0.3, -0.25) is 0 Å². The van der Waals surface area contributed by atoms with Crippen molar-refractivity contribution < 1.29 is 88.2 Å². The lowest BCUT2D eigenvalue weighted by Gasteiger charge is -2.46. The van der Waals surface area contributed by atoms with Crippen molar-refractivity contribution in [2.24, 2.45) is 0 Å². The Labute approximate surface area is 190 Å². The highest BCUT2D eigenvalue weighted by atomic mass is 31.0. The first-order chi connectivity index (χ1) is 15.3. The third kappa shape index (κ3) is 4.59. The van der Waals surface area contributed by atoms with Crippen LogP contribution in [0.25, 0.3) is 0 Å². The number of ether oxygens (including phenoxy) is 1. The Bertz CT molecular complexity index is 769. The van der Waals surface area contributed by atoms with Crippen molar-refractivity contribution in [1.29, 1.82) is 0 Å². The molecule has 21 heteroatoms. The minimum Gasteiger partial charge on any atom is -0.382 e. The Morgan fingerprint density at radius 3 is 1.11 bits per heavy atom. The van der Waals surface area contributed by atoms with Gasteiger partial charge in [0.2, 0.25) is 0 Å². The summed E-state index contributed by atoms with van der Waals surface area (Å²) in [5.41, 5.74) is 0. The van der Waals surface area contributed by atoms with Gasteiger partial charge < -0.3 is 4.74 Å². The van der Waals surface area contributed by atoms with E-state index in [1.165, 1.54) is 0 Å². The molecule has 2 atom stereocenters. The maximum Gasteiger partial charge on any atom is 0.384 e. The Morgan fingerprint density at radius 1 is 0.500 bits per heavy atom. The molecule has 0 aliphatic carbocycles. The standard InChI is InChI=1S/C15H14F19OP/c1-3-35-5-4-7(18,19)9(22,23)11(26,27)13(30,31)15(34,36)14(32,33)12(28,29)10(24,25)8(20,21)6(2,16)17/h3-5,36H2,1-2H3. The van der Waals surface area contributed by atoms with E-state index in [1.54, 1.807) is 0 Å². The zero-order chi connectivity index (χ0) is 29.8. The van der Waals surface area contributed by atoms with E-state index >= 15 is 0 Å². The monoisotopic (exact) mass is 602 g/mol. The van der Waals surface area contributed by atoms with Crippen LogP contribution in [-0.4, -0.2) is 71.9 Å². The highest BCUT2D eigenvalue weighted by molar-refractivity contribution is 7.19. The average Bonchev–Trinajstić information content (AvgIpc) is 2.65. The summed E-state index contributed by atoms with van der Waals surface area (Å²) in [6, 6.07) is 0. The fourth-order valence-corrected chi connectivity index (χ4v) is 2.62. The first kappa shape index (κ1) is 35.1. The van der Waals surface area contributed by atoms with Gasteiger partial charge in [0, 0.05) is 20.0 Å². The van der Waals surface area contributed by atoms with E-state index in [2.05, 4.69) is 4.74 Å². The van der Waals surface area contributed by atoms with Gasteiger partial charge in [0.1, 0.15) is 0 Å². The quantitative estimate of drug-likeness (QED) is 0.119. The molecule has 0 aromatic rings. The summed E-state index contributed by atoms with van der Waals surface area (Å²) < 4.78 is 262. The van der Waals surface area contributed by atoms with Gasteiger partial charge in [-0.25, -0.2) is 4.39 Å². The van der Waals surface area contributed by atoms with E-state index in [1.807, 2.05) is 0 Å². The van der Waals surface area contributed by atoms with Gasteiger partial charge in [-0.05, 0) is 6.92 Å². The van der Waals surface area contributed by atoms with Crippen molar-refractivity contribution in [3.8, 4) is 0 Å². The molecule has 36 heavy (non-hydrogen) atoms. The molecule has 0 fully saturated rings. The van der Waals surface area contributed by atoms with Crippen molar-refractivity contribution in [3.05, 3.63) is 0 Å². The lowest BCUT2D eigenvalue weighted by molar-refractivity contribution is -0.434. The van der Waals surface area contributed by atoms with Crippen molar-refractivity contribution in [3.63, 3.8) is 0 Å². The maximum atomic E-state index is 14.2. The molecular formula is C15H14F19OP. The molecular weight excluding hydrogens is 588 g/mol. The molecule has 0 rings (SSSR count). The van der Waals surface area contributed by atoms with Crippen LogP contribution in [0.3, 0.4) is 0 Å². The van der Waals surface area contributed by atoms with Crippen molar-refractivity contribution >= 4 is 9.24 Å². The Kier molecular flexibility index (Phi) is 9.12. The van der Waals surface area contributed by atoms with E-state index in [4.69, 9.17) is 0 Å². The molecule has 0 saturated heterocycles. The van der Waals surface area contributed by atoms with E-state index in [9.17, 15) is 83.4 Å². The van der Waals surface area contributed by atoms with E-state index < -0.39 is 94.5 Å². The van der Waals surface area contributed by atoms with Crippen LogP contribution in [0.4, 0.5) is 83.4 Å². The minimum absolute atomic E-state index is 0.551. The number of halogens is 19. The van der Waals surface area contributed by atoms with Gasteiger partial charge in [-0.2, -0.15) is 79.0 Å². The summed E-state index contributed by atoms with van der Waals surface area (Å²) in [5.74, 6) is -69.4. The predicted octanol–water partition coefficient (Wildman–Crippen LogP) is 7.69. The second kappa shape index (κ2) is 9.36. The highest BCUT2D eigenvalue weighted by Crippen LogP contribution is 2.67. The van der Waals surface area contributed by atoms with Crippen LogP contribution in [0.5, 0.6) is 0 Å². The third-order valence-corrected chi connectivity index (χ3v) is 5.39. The maximum absolute atomic E-state index is 14.2. The van der Waals surface area contributed by atoms with Crippen LogP contribution in [-0.2, 0) is 4.74 Å². The Hall–Kier alpha value is -0.940. The molecule has 0 saturated carbocycles. The molecule has 0 N–H and O–H groups in total. The molecule has 0 aromatic carbocycles. The fraction of sp³-hybridized carbons (Fsp3) is 1.00. The molecule has 0 amide bonds. The molecule has 2 unspecified atom stereocenters. The first-order valence-corrected chi connectivity index (χ1v) is 9.34. The number of hydrogen-bond donors (Lipinski definition) is 0. The van der Waals surface area contributed by atoms with Gasteiger partial charge in [0.15, 0.2) is 0 Å². The van der Waals surface area contributed by atoms with Crippen LogP contribution in [0.15, 0.2) is 0 Å². The van der Waals surface area contributed by atoms with Crippen molar-refractivity contribution in [1.82, 2.24) is 0 Å². The summed E-state index contributed by atoms with van der Waals surface area (Å²) in [5, 5.41) is -7.57. The molecule has 0 aromatic heterocycles. The highest BCUT2D eigenvalue weighted by Gasteiger charge is 2.95. The molecule has 0 heterocycles. The lowest BCUT2D eigenvalue weighted by atomic mass is 9.86. The topological polar surface area (TPSA) is 9.23 Å². The molecule has 0 spiro atoms. The zero-order valence-corrected chi connectivity index (χ0v) is 18.4. The third-order valence-electron chi connectivity index (χ3n) is 4.66. The normalized spacial score (nSPS) is 17.8. The summed E-state index contributed by atoms with van der Waals surface area (Å²) in [4.78, 5) is 0. The fourth-order valence-electron chi connectivity index (χ4n) is 2.25. The van der Waals surface area contributed by atoms with Crippen LogP contribution in [0.2, 0.25) is 0 Å². The van der Waals surface area contributed by atoms with Crippen LogP contribution < -0.4 is 0 Å². The van der Waals surface area contributed by atoms with Crippen LogP contribution >= 0.6 is 9.24 Å². The van der Waals surface area contributed by atoms with E-state index in [-0.39, 0.29) is 0 Å². The average molecular weight is 602 g/mol. The number of alkyl halides is 19. The summed E-state index contributed by atoms with van der Waals surface area (Å²) in [6.07, 6.45) is -2.59. The number of hydrogen-bond acceptors (Lipinski definition) is 1. The predicted molar refractivity (Wildman–Crippen MR) is 84.9 cm³/mol. The summed E-state index contributed by atoms with van der Waals surface area (Å²) in [6.45, 7) is -2.39. The molecule has 0 bridgehead atoms. The van der Waals surface area contributed by atoms with Crippen LogP contribution in [0, 0.1) is 0 Å². The van der Waals surface area contributed by atoms with Crippen LogP contribution in [0.1, 0.15) is 20.3 Å². The largest absolute Gasteiger partial charge is 0.384 e. The molecule has 0 aliphatic rings. The van der Waals surface area contributed by atoms with Gasteiger partial charge >= 0.3 is 53.3 Å². The van der Waals surface area contributed by atoms with Gasteiger partial charge in [-0.15, -0.1) is 0 Å². The lowest BCUT2D eigenvalue weighted by Crippen LogP contribution is -2.76. The Morgan fingerprint density at radius 2 is 0.806 bits per heavy atom. The van der Waals surface area contributed by atoms with E-state index in [0.29, 0.717) is 0 Å². The van der Waals surface area contributed by atoms with Gasteiger partial charge in [0.05, 0.1) is 6.61 Å². The zero-order valence-electron chi connectivity index (χ0n) is 17.3. The number of rotatable bonds is 13. The second-order valence-electron chi connectivity index (χ2n) is 7.27. The molecule has 1 nitrogen and oxygen atoms in total. The molecule has 0 aliphatic heterocycles. The first-order valence-electron chi connectivity index (χ1n) is 8.77. The smallest absolute Gasteiger partial charge is 0.382 e. The SMILES string of the molecule is CCOCCC(F)(F)C(F)(F)C(F)(F)C(F)(F)C(F)(P)C(F)(F)C(F)(F)C(F)(F)C(F)(F)C(C)(F)F.